The Morgan fingerprint density at radius 3 is 2.46 bits per heavy atom. The van der Waals surface area contributed by atoms with Crippen LogP contribution >= 0.6 is 11.6 Å². The number of carbonyl (C=O) groups is 1. The van der Waals surface area contributed by atoms with Gasteiger partial charge < -0.3 is 10.6 Å². The van der Waals surface area contributed by atoms with Crippen LogP contribution in [0.1, 0.15) is 13.8 Å². The van der Waals surface area contributed by atoms with Crippen molar-refractivity contribution in [3.8, 4) is 0 Å². The van der Waals surface area contributed by atoms with Gasteiger partial charge in [0.25, 0.3) is 0 Å². The quantitative estimate of drug-likeness (QED) is 0.704. The van der Waals surface area contributed by atoms with E-state index in [1.807, 2.05) is 13.8 Å². The molecule has 13 heavy (non-hydrogen) atoms. The third kappa shape index (κ3) is 4.90. The summed E-state index contributed by atoms with van der Waals surface area (Å²) in [5, 5.41) is 6.21. The van der Waals surface area contributed by atoms with Gasteiger partial charge in [-0.2, -0.15) is 0 Å². The van der Waals surface area contributed by atoms with E-state index in [9.17, 15) is 4.79 Å². The summed E-state index contributed by atoms with van der Waals surface area (Å²) in [5.74, 6) is 0.0141. The van der Waals surface area contributed by atoms with Gasteiger partial charge in [-0.25, -0.2) is 0 Å². The van der Waals surface area contributed by atoms with Gasteiger partial charge in [-0.3, -0.25) is 4.79 Å². The molecule has 0 unspecified atom stereocenters. The number of amides is 1. The predicted octanol–water partition coefficient (Wildman–Crippen LogP) is 1.10. The van der Waals surface area contributed by atoms with Crippen molar-refractivity contribution in [2.45, 2.75) is 13.8 Å². The van der Waals surface area contributed by atoms with E-state index in [0.717, 1.165) is 0 Å². The number of hydrogen-bond acceptors (Lipinski definition) is 2. The zero-order valence-electron chi connectivity index (χ0n) is 8.41. The lowest BCUT2D eigenvalue weighted by Crippen LogP contribution is -2.42. The molecule has 0 aliphatic heterocycles. The Bertz CT molecular complexity index is 202. The number of rotatable bonds is 5. The maximum atomic E-state index is 11.3. The van der Waals surface area contributed by atoms with Crippen molar-refractivity contribution >= 4 is 17.5 Å². The third-order valence-corrected chi connectivity index (χ3v) is 1.86. The Morgan fingerprint density at radius 2 is 2.08 bits per heavy atom. The maximum Gasteiger partial charge on any atom is 0.226 e. The van der Waals surface area contributed by atoms with E-state index in [4.69, 9.17) is 11.6 Å². The van der Waals surface area contributed by atoms with E-state index in [-0.39, 0.29) is 5.91 Å². The van der Waals surface area contributed by atoms with Gasteiger partial charge in [0.05, 0.1) is 5.41 Å². The fraction of sp³-hybridized carbons (Fsp3) is 0.667. The Hall–Kier alpha value is -0.540. The zero-order valence-corrected chi connectivity index (χ0v) is 9.16. The van der Waals surface area contributed by atoms with Crippen molar-refractivity contribution in [1.29, 1.82) is 0 Å². The minimum Gasteiger partial charge on any atom is -0.359 e. The molecule has 0 aliphatic carbocycles. The second-order valence-electron chi connectivity index (χ2n) is 3.58. The second-order valence-corrected chi connectivity index (χ2v) is 4.12. The maximum absolute atomic E-state index is 11.3. The fourth-order valence-electron chi connectivity index (χ4n) is 0.929. The molecule has 0 heterocycles. The van der Waals surface area contributed by atoms with Crippen LogP contribution in [-0.4, -0.2) is 26.0 Å². The summed E-state index contributed by atoms with van der Waals surface area (Å²) in [5.41, 5.74) is -0.416. The van der Waals surface area contributed by atoms with Gasteiger partial charge in [0.1, 0.15) is 0 Å². The first-order valence-corrected chi connectivity index (χ1v) is 4.54. The number of hydrogen-bond donors (Lipinski definition) is 2. The largest absolute Gasteiger partial charge is 0.359 e. The van der Waals surface area contributed by atoms with Crippen LogP contribution < -0.4 is 10.6 Å². The molecule has 0 fully saturated rings. The van der Waals surface area contributed by atoms with Crippen LogP contribution in [0.25, 0.3) is 0 Å². The van der Waals surface area contributed by atoms with E-state index in [2.05, 4.69) is 17.2 Å². The Morgan fingerprint density at radius 1 is 1.54 bits per heavy atom. The van der Waals surface area contributed by atoms with Gasteiger partial charge >= 0.3 is 0 Å². The predicted molar refractivity (Wildman–Crippen MR) is 55.7 cm³/mol. The first-order chi connectivity index (χ1) is 5.90. The summed E-state index contributed by atoms with van der Waals surface area (Å²) in [6.45, 7) is 8.40. The molecule has 4 heteroatoms. The molecular formula is C9H17ClN2O. The highest BCUT2D eigenvalue weighted by molar-refractivity contribution is 6.29. The molecule has 0 radical (unpaired) electrons. The molecule has 0 spiro atoms. The summed E-state index contributed by atoms with van der Waals surface area (Å²) in [4.78, 5) is 11.3. The van der Waals surface area contributed by atoms with Gasteiger partial charge in [0.2, 0.25) is 5.91 Å². The summed E-state index contributed by atoms with van der Waals surface area (Å²) < 4.78 is 0. The minimum atomic E-state index is -0.416. The molecule has 0 aromatic heterocycles. The first-order valence-electron chi connectivity index (χ1n) is 4.16. The van der Waals surface area contributed by atoms with E-state index in [0.29, 0.717) is 18.1 Å². The Balaban J connectivity index is 3.89. The number of carbonyl (C=O) groups excluding carboxylic acids is 1. The highest BCUT2D eigenvalue weighted by atomic mass is 35.5. The molecule has 0 aliphatic rings. The molecule has 0 aromatic rings. The summed E-state index contributed by atoms with van der Waals surface area (Å²) in [6, 6.07) is 0. The third-order valence-electron chi connectivity index (χ3n) is 1.73. The normalized spacial score (nSPS) is 11.1. The Kier molecular flexibility index (Phi) is 5.03. The van der Waals surface area contributed by atoms with Gasteiger partial charge in [-0.15, -0.1) is 0 Å². The van der Waals surface area contributed by atoms with Crippen molar-refractivity contribution in [1.82, 2.24) is 10.6 Å². The van der Waals surface area contributed by atoms with E-state index < -0.39 is 5.41 Å². The van der Waals surface area contributed by atoms with Crippen LogP contribution in [-0.2, 0) is 4.79 Å². The summed E-state index contributed by atoms with van der Waals surface area (Å²) >= 11 is 5.56. The van der Waals surface area contributed by atoms with Gasteiger partial charge in [0.15, 0.2) is 0 Å². The first kappa shape index (κ1) is 12.5. The van der Waals surface area contributed by atoms with E-state index in [1.54, 1.807) is 7.05 Å². The lowest BCUT2D eigenvalue weighted by Gasteiger charge is -2.22. The Labute approximate surface area is 84.5 Å². The average molecular weight is 205 g/mol. The topological polar surface area (TPSA) is 41.1 Å². The smallest absolute Gasteiger partial charge is 0.226 e. The molecular weight excluding hydrogens is 188 g/mol. The molecule has 0 saturated heterocycles. The van der Waals surface area contributed by atoms with Crippen LogP contribution in [0.3, 0.4) is 0 Å². The van der Waals surface area contributed by atoms with Crippen molar-refractivity contribution in [3.63, 3.8) is 0 Å². The molecule has 1 amide bonds. The van der Waals surface area contributed by atoms with Crippen LogP contribution in [0.15, 0.2) is 11.6 Å². The highest BCUT2D eigenvalue weighted by Gasteiger charge is 2.25. The molecule has 76 valence electrons. The van der Waals surface area contributed by atoms with Gasteiger partial charge in [0, 0.05) is 25.2 Å². The van der Waals surface area contributed by atoms with E-state index in [1.165, 1.54) is 0 Å². The van der Waals surface area contributed by atoms with Crippen molar-refractivity contribution in [3.05, 3.63) is 11.6 Å². The highest BCUT2D eigenvalue weighted by Crippen LogP contribution is 2.13. The molecule has 3 nitrogen and oxygen atoms in total. The monoisotopic (exact) mass is 204 g/mol. The van der Waals surface area contributed by atoms with Gasteiger partial charge in [-0.1, -0.05) is 18.2 Å². The molecule has 0 rings (SSSR count). The second kappa shape index (κ2) is 5.25. The lowest BCUT2D eigenvalue weighted by atomic mass is 9.92. The number of halogens is 1. The molecule has 0 aromatic carbocycles. The average Bonchev–Trinajstić information content (AvgIpc) is 2.01. The van der Waals surface area contributed by atoms with Crippen LogP contribution in [0, 0.1) is 5.41 Å². The van der Waals surface area contributed by atoms with Crippen LogP contribution in [0.5, 0.6) is 0 Å². The van der Waals surface area contributed by atoms with Crippen molar-refractivity contribution in [2.24, 2.45) is 5.41 Å². The zero-order chi connectivity index (χ0) is 10.5. The lowest BCUT2D eigenvalue weighted by molar-refractivity contribution is -0.128. The molecule has 0 atom stereocenters. The minimum absolute atomic E-state index is 0.0141. The molecule has 0 saturated carbocycles. The van der Waals surface area contributed by atoms with Gasteiger partial charge in [-0.05, 0) is 13.8 Å². The summed E-state index contributed by atoms with van der Waals surface area (Å²) in [7, 11) is 1.63. The van der Waals surface area contributed by atoms with Crippen molar-refractivity contribution in [2.75, 3.05) is 20.1 Å². The van der Waals surface area contributed by atoms with Crippen molar-refractivity contribution < 1.29 is 4.79 Å². The molecule has 2 N–H and O–H groups in total. The molecule has 0 bridgehead atoms. The SMILES string of the molecule is C=C(Cl)CNCC(C)(C)C(=O)NC. The van der Waals surface area contributed by atoms with Crippen LogP contribution in [0.2, 0.25) is 0 Å². The van der Waals surface area contributed by atoms with E-state index >= 15 is 0 Å². The van der Waals surface area contributed by atoms with Crippen LogP contribution in [0.4, 0.5) is 0 Å². The number of nitrogens with one attached hydrogen (secondary N) is 2. The standard InChI is InChI=1S/C9H17ClN2O/c1-7(10)5-12-6-9(2,3)8(13)11-4/h12H,1,5-6H2,2-4H3,(H,11,13). The summed E-state index contributed by atoms with van der Waals surface area (Å²) in [6.07, 6.45) is 0. The fourth-order valence-corrected chi connectivity index (χ4v) is 1.02.